The molecule has 1 aromatic carbocycles. The predicted molar refractivity (Wildman–Crippen MR) is 81.2 cm³/mol. The molecule has 1 nitrogen and oxygen atoms in total. The maximum Gasteiger partial charge on any atom is 0.416 e. The van der Waals surface area contributed by atoms with Crippen molar-refractivity contribution in [2.75, 3.05) is 6.54 Å². The summed E-state index contributed by atoms with van der Waals surface area (Å²) in [6.45, 7) is 9.45. The van der Waals surface area contributed by atoms with Crippen LogP contribution in [0.25, 0.3) is 0 Å². The quantitative estimate of drug-likeness (QED) is 0.754. The Kier molecular flexibility index (Phi) is 6.72. The number of benzene rings is 1. The van der Waals surface area contributed by atoms with Gasteiger partial charge in [0.05, 0.1) is 5.56 Å². The van der Waals surface area contributed by atoms with Gasteiger partial charge in [0.15, 0.2) is 0 Å². The summed E-state index contributed by atoms with van der Waals surface area (Å²) >= 11 is 0. The molecule has 21 heavy (non-hydrogen) atoms. The van der Waals surface area contributed by atoms with Gasteiger partial charge in [-0.3, -0.25) is 0 Å². The third-order valence-corrected chi connectivity index (χ3v) is 3.43. The second-order valence-corrected chi connectivity index (χ2v) is 6.46. The monoisotopic (exact) mass is 301 g/mol. The molecule has 1 unspecified atom stereocenters. The minimum atomic E-state index is -4.25. The Balaban J connectivity index is 2.69. The largest absolute Gasteiger partial charge is 0.416 e. The first-order valence-corrected chi connectivity index (χ1v) is 7.58. The first-order chi connectivity index (χ1) is 9.68. The number of hydrogen-bond acceptors (Lipinski definition) is 1. The van der Waals surface area contributed by atoms with E-state index in [1.165, 1.54) is 12.1 Å². The number of halogens is 3. The number of alkyl halides is 3. The van der Waals surface area contributed by atoms with Crippen molar-refractivity contribution in [1.82, 2.24) is 5.32 Å². The van der Waals surface area contributed by atoms with E-state index >= 15 is 0 Å². The highest BCUT2D eigenvalue weighted by atomic mass is 19.4. The zero-order valence-corrected chi connectivity index (χ0v) is 13.3. The molecule has 0 fully saturated rings. The molecule has 0 amide bonds. The normalized spacial score (nSPS) is 14.0. The van der Waals surface area contributed by atoms with Gasteiger partial charge in [-0.2, -0.15) is 13.2 Å². The Bertz CT molecular complexity index is 407. The van der Waals surface area contributed by atoms with Crippen LogP contribution in [0.2, 0.25) is 0 Å². The molecule has 1 N–H and O–H groups in total. The third kappa shape index (κ3) is 6.98. The number of rotatable bonds is 7. The lowest BCUT2D eigenvalue weighted by Crippen LogP contribution is -2.30. The van der Waals surface area contributed by atoms with Crippen LogP contribution in [0.4, 0.5) is 13.2 Å². The van der Waals surface area contributed by atoms with Gasteiger partial charge in [-0.15, -0.1) is 0 Å². The summed E-state index contributed by atoms with van der Waals surface area (Å²) in [5, 5.41) is 3.43. The Morgan fingerprint density at radius 2 is 1.57 bits per heavy atom. The molecule has 0 spiro atoms. The van der Waals surface area contributed by atoms with E-state index in [-0.39, 0.29) is 0 Å². The topological polar surface area (TPSA) is 12.0 Å². The Morgan fingerprint density at radius 1 is 1.00 bits per heavy atom. The maximum absolute atomic E-state index is 12.6. The van der Waals surface area contributed by atoms with Gasteiger partial charge in [0.2, 0.25) is 0 Å². The summed E-state index contributed by atoms with van der Waals surface area (Å²) in [6.07, 6.45) is -2.37. The summed E-state index contributed by atoms with van der Waals surface area (Å²) < 4.78 is 37.7. The number of hydrogen-bond donors (Lipinski definition) is 1. The fourth-order valence-electron chi connectivity index (χ4n) is 2.47. The zero-order valence-electron chi connectivity index (χ0n) is 13.3. The molecule has 4 heteroatoms. The van der Waals surface area contributed by atoms with Crippen LogP contribution >= 0.6 is 0 Å². The van der Waals surface area contributed by atoms with Crippen LogP contribution in [0, 0.1) is 11.8 Å². The Hall–Kier alpha value is -1.03. The highest BCUT2D eigenvalue weighted by molar-refractivity contribution is 5.25. The molecule has 120 valence electrons. The fourth-order valence-corrected chi connectivity index (χ4v) is 2.47. The molecule has 0 aliphatic heterocycles. The van der Waals surface area contributed by atoms with Crippen molar-refractivity contribution >= 4 is 0 Å². The first kappa shape index (κ1) is 18.0. The molecule has 0 heterocycles. The first-order valence-electron chi connectivity index (χ1n) is 7.58. The van der Waals surface area contributed by atoms with Crippen molar-refractivity contribution in [1.29, 1.82) is 0 Å². The van der Waals surface area contributed by atoms with E-state index in [1.807, 2.05) is 0 Å². The molecule has 1 atom stereocenters. The second kappa shape index (κ2) is 7.83. The molecule has 1 rings (SSSR count). The summed E-state index contributed by atoms with van der Waals surface area (Å²) in [5.74, 6) is 1.03. The lowest BCUT2D eigenvalue weighted by atomic mass is 9.90. The summed E-state index contributed by atoms with van der Waals surface area (Å²) in [4.78, 5) is 0. The van der Waals surface area contributed by atoms with E-state index in [4.69, 9.17) is 0 Å². The van der Waals surface area contributed by atoms with Gasteiger partial charge in [-0.25, -0.2) is 0 Å². The van der Waals surface area contributed by atoms with Gasteiger partial charge in [0.25, 0.3) is 0 Å². The van der Waals surface area contributed by atoms with Crippen LogP contribution in [-0.2, 0) is 12.6 Å². The third-order valence-electron chi connectivity index (χ3n) is 3.43. The molecule has 0 saturated carbocycles. The van der Waals surface area contributed by atoms with Crippen molar-refractivity contribution in [2.24, 2.45) is 11.8 Å². The summed E-state index contributed by atoms with van der Waals surface area (Å²) in [5.41, 5.74) is 0.395. The zero-order chi connectivity index (χ0) is 16.0. The second-order valence-electron chi connectivity index (χ2n) is 6.46. The van der Waals surface area contributed by atoms with Gasteiger partial charge >= 0.3 is 6.18 Å². The molecular formula is C17H26F3N. The lowest BCUT2D eigenvalue weighted by molar-refractivity contribution is -0.137. The summed E-state index contributed by atoms with van der Waals surface area (Å²) in [7, 11) is 0. The maximum atomic E-state index is 12.6. The van der Waals surface area contributed by atoms with Crippen LogP contribution in [0.1, 0.15) is 45.2 Å². The van der Waals surface area contributed by atoms with E-state index in [9.17, 15) is 13.2 Å². The Morgan fingerprint density at radius 3 is 2.00 bits per heavy atom. The Labute approximate surface area is 125 Å². The van der Waals surface area contributed by atoms with Crippen molar-refractivity contribution in [3.63, 3.8) is 0 Å². The van der Waals surface area contributed by atoms with Crippen molar-refractivity contribution in [2.45, 2.75) is 52.8 Å². The molecule has 0 bridgehead atoms. The van der Waals surface area contributed by atoms with E-state index in [2.05, 4.69) is 33.0 Å². The van der Waals surface area contributed by atoms with Gasteiger partial charge in [0.1, 0.15) is 0 Å². The van der Waals surface area contributed by atoms with E-state index in [1.54, 1.807) is 12.1 Å². The van der Waals surface area contributed by atoms with Crippen LogP contribution in [-0.4, -0.2) is 12.6 Å². The van der Waals surface area contributed by atoms with Crippen molar-refractivity contribution < 1.29 is 13.2 Å². The van der Waals surface area contributed by atoms with E-state index in [0.717, 1.165) is 24.9 Å². The molecule has 0 radical (unpaired) electrons. The van der Waals surface area contributed by atoms with Gasteiger partial charge in [0, 0.05) is 6.04 Å². The number of nitrogens with one attached hydrogen (secondary N) is 1. The fraction of sp³-hybridized carbons (Fsp3) is 0.647. The molecule has 0 aliphatic carbocycles. The SMILES string of the molecule is CC(C)CC(CNC(C)C)Cc1ccc(C(F)(F)F)cc1. The lowest BCUT2D eigenvalue weighted by Gasteiger charge is -2.21. The minimum absolute atomic E-state index is 0.423. The van der Waals surface area contributed by atoms with Crippen LogP contribution in [0.3, 0.4) is 0 Å². The smallest absolute Gasteiger partial charge is 0.314 e. The van der Waals surface area contributed by atoms with Crippen molar-refractivity contribution in [3.05, 3.63) is 35.4 Å². The van der Waals surface area contributed by atoms with Crippen LogP contribution in [0.15, 0.2) is 24.3 Å². The van der Waals surface area contributed by atoms with E-state index < -0.39 is 11.7 Å². The molecule has 0 aromatic heterocycles. The van der Waals surface area contributed by atoms with E-state index in [0.29, 0.717) is 17.9 Å². The molecular weight excluding hydrogens is 275 g/mol. The highest BCUT2D eigenvalue weighted by Gasteiger charge is 2.30. The highest BCUT2D eigenvalue weighted by Crippen LogP contribution is 2.29. The average molecular weight is 301 g/mol. The van der Waals surface area contributed by atoms with Crippen LogP contribution < -0.4 is 5.32 Å². The van der Waals surface area contributed by atoms with Gasteiger partial charge in [-0.05, 0) is 48.9 Å². The molecule has 0 aliphatic rings. The van der Waals surface area contributed by atoms with Crippen LogP contribution in [0.5, 0.6) is 0 Å². The standard InChI is InChI=1S/C17H26F3N/c1-12(2)9-15(11-21-13(3)4)10-14-5-7-16(8-6-14)17(18,19)20/h5-8,12-13,15,21H,9-11H2,1-4H3. The minimum Gasteiger partial charge on any atom is -0.314 e. The van der Waals surface area contributed by atoms with Crippen molar-refractivity contribution in [3.8, 4) is 0 Å². The average Bonchev–Trinajstić information content (AvgIpc) is 2.35. The summed E-state index contributed by atoms with van der Waals surface area (Å²) in [6, 6.07) is 5.99. The van der Waals surface area contributed by atoms with Gasteiger partial charge in [-0.1, -0.05) is 39.8 Å². The molecule has 1 aromatic rings. The predicted octanol–water partition coefficient (Wildman–Crippen LogP) is 4.91. The molecule has 0 saturated heterocycles. The van der Waals surface area contributed by atoms with Gasteiger partial charge < -0.3 is 5.32 Å².